The van der Waals surface area contributed by atoms with Crippen molar-refractivity contribution in [1.82, 2.24) is 15.1 Å². The predicted molar refractivity (Wildman–Crippen MR) is 108 cm³/mol. The van der Waals surface area contributed by atoms with Gasteiger partial charge >= 0.3 is 0 Å². The van der Waals surface area contributed by atoms with E-state index in [1.54, 1.807) is 4.90 Å². The second-order valence-electron chi connectivity index (χ2n) is 9.13. The number of rotatable bonds is 3. The average Bonchev–Trinajstić information content (AvgIpc) is 3.24. The van der Waals surface area contributed by atoms with Crippen molar-refractivity contribution >= 4 is 17.7 Å². The van der Waals surface area contributed by atoms with E-state index < -0.39 is 6.04 Å². The first-order chi connectivity index (χ1) is 14.4. The van der Waals surface area contributed by atoms with Crippen molar-refractivity contribution in [1.29, 1.82) is 0 Å². The van der Waals surface area contributed by atoms with E-state index in [9.17, 15) is 14.4 Å². The molecule has 0 saturated carbocycles. The molecule has 0 aromatic heterocycles. The van der Waals surface area contributed by atoms with Crippen LogP contribution < -0.4 is 11.1 Å². The molecule has 0 radical (unpaired) electrons. The van der Waals surface area contributed by atoms with Crippen LogP contribution in [0, 0.1) is 0 Å². The van der Waals surface area contributed by atoms with Crippen LogP contribution in [0.25, 0.3) is 0 Å². The molecule has 4 aliphatic rings. The Hall–Kier alpha value is -2.29. The number of carbonyl (C=O) groups is 3. The molecule has 3 N–H and O–H groups in total. The van der Waals surface area contributed by atoms with E-state index in [4.69, 9.17) is 10.5 Å². The number of piperidine rings is 2. The zero-order valence-electron chi connectivity index (χ0n) is 17.1. The molecule has 4 aliphatic heterocycles. The van der Waals surface area contributed by atoms with Gasteiger partial charge in [0, 0.05) is 44.2 Å². The molecule has 2 unspecified atom stereocenters. The molecule has 8 nitrogen and oxygen atoms in total. The van der Waals surface area contributed by atoms with Crippen LogP contribution in [-0.4, -0.2) is 64.9 Å². The number of nitrogens with one attached hydrogen (secondary N) is 1. The van der Waals surface area contributed by atoms with Gasteiger partial charge in [0.2, 0.25) is 11.8 Å². The third kappa shape index (κ3) is 3.53. The lowest BCUT2D eigenvalue weighted by Gasteiger charge is -2.38. The Morgan fingerprint density at radius 2 is 2.00 bits per heavy atom. The lowest BCUT2D eigenvalue weighted by Crippen LogP contribution is -2.52. The topological polar surface area (TPSA) is 105 Å². The maximum Gasteiger partial charge on any atom is 0.255 e. The van der Waals surface area contributed by atoms with Gasteiger partial charge in [-0.25, -0.2) is 0 Å². The smallest absolute Gasteiger partial charge is 0.255 e. The summed E-state index contributed by atoms with van der Waals surface area (Å²) in [4.78, 5) is 40.5. The number of nitrogens with two attached hydrogens (primary N) is 1. The van der Waals surface area contributed by atoms with Crippen molar-refractivity contribution in [3.63, 3.8) is 0 Å². The van der Waals surface area contributed by atoms with Gasteiger partial charge in [0.1, 0.15) is 6.04 Å². The van der Waals surface area contributed by atoms with Crippen LogP contribution in [0.2, 0.25) is 0 Å². The molecular formula is C22H28N4O4. The molecule has 0 bridgehead atoms. The number of carbonyl (C=O) groups excluding carboxylic acids is 3. The molecule has 1 aromatic carbocycles. The molecule has 160 valence electrons. The number of amides is 3. The van der Waals surface area contributed by atoms with Crippen molar-refractivity contribution in [2.45, 2.75) is 62.9 Å². The van der Waals surface area contributed by atoms with Crippen LogP contribution in [0.1, 0.15) is 53.6 Å². The van der Waals surface area contributed by atoms with Crippen molar-refractivity contribution in [3.8, 4) is 0 Å². The molecule has 1 aromatic rings. The fourth-order valence-electron chi connectivity index (χ4n) is 5.33. The summed E-state index contributed by atoms with van der Waals surface area (Å²) in [6.45, 7) is 3.88. The number of nitrogens with zero attached hydrogens (tertiary/aromatic N) is 2. The quantitative estimate of drug-likeness (QED) is 0.702. The zero-order valence-corrected chi connectivity index (χ0v) is 17.1. The van der Waals surface area contributed by atoms with Crippen molar-refractivity contribution in [3.05, 3.63) is 34.9 Å². The third-order valence-corrected chi connectivity index (χ3v) is 7.00. The Morgan fingerprint density at radius 1 is 1.20 bits per heavy atom. The fraction of sp³-hybridized carbons (Fsp3) is 0.591. The van der Waals surface area contributed by atoms with Crippen LogP contribution >= 0.6 is 0 Å². The van der Waals surface area contributed by atoms with Crippen LogP contribution in [0.15, 0.2) is 18.2 Å². The first-order valence-corrected chi connectivity index (χ1v) is 10.8. The Balaban J connectivity index is 1.23. The minimum atomic E-state index is -0.567. The van der Waals surface area contributed by atoms with E-state index in [0.29, 0.717) is 25.1 Å². The Labute approximate surface area is 175 Å². The van der Waals surface area contributed by atoms with E-state index in [1.807, 2.05) is 12.1 Å². The summed E-state index contributed by atoms with van der Waals surface area (Å²) in [6.07, 6.45) is 3.63. The van der Waals surface area contributed by atoms with Crippen molar-refractivity contribution in [2.75, 3.05) is 19.7 Å². The van der Waals surface area contributed by atoms with Gasteiger partial charge in [-0.2, -0.15) is 0 Å². The summed E-state index contributed by atoms with van der Waals surface area (Å²) in [5, 5.41) is 2.35. The molecule has 2 atom stereocenters. The summed E-state index contributed by atoms with van der Waals surface area (Å²) in [6, 6.07) is 5.58. The molecule has 3 amide bonds. The maximum atomic E-state index is 12.8. The van der Waals surface area contributed by atoms with E-state index in [1.165, 1.54) is 5.56 Å². The number of hydrogen-bond acceptors (Lipinski definition) is 6. The highest BCUT2D eigenvalue weighted by Crippen LogP contribution is 2.36. The minimum Gasteiger partial charge on any atom is -0.373 e. The number of ether oxygens (including phenoxy) is 1. The second kappa shape index (κ2) is 7.44. The Bertz CT molecular complexity index is 893. The van der Waals surface area contributed by atoms with Gasteiger partial charge in [-0.1, -0.05) is 12.1 Å². The number of likely N-dealkylation sites (tertiary alicyclic amines) is 1. The highest BCUT2D eigenvalue weighted by molar-refractivity contribution is 6.05. The van der Waals surface area contributed by atoms with Gasteiger partial charge < -0.3 is 15.4 Å². The summed E-state index contributed by atoms with van der Waals surface area (Å²) < 4.78 is 6.00. The first-order valence-electron chi connectivity index (χ1n) is 10.8. The zero-order chi connectivity index (χ0) is 20.9. The lowest BCUT2D eigenvalue weighted by atomic mass is 9.87. The normalized spacial score (nSPS) is 28.8. The lowest BCUT2D eigenvalue weighted by molar-refractivity contribution is -0.136. The summed E-state index contributed by atoms with van der Waals surface area (Å²) >= 11 is 0. The van der Waals surface area contributed by atoms with E-state index in [-0.39, 0.29) is 35.8 Å². The third-order valence-electron chi connectivity index (χ3n) is 7.00. The molecule has 1 spiro atoms. The SMILES string of the molecule is NC1COC2(CCN(Cc3ccc4c(c3)CN(C3CCC(=O)NC3=O)C4=O)CC2)C1. The molecule has 4 heterocycles. The number of fused-ring (bicyclic) bond motifs is 1. The average molecular weight is 412 g/mol. The molecule has 8 heteroatoms. The Morgan fingerprint density at radius 3 is 2.70 bits per heavy atom. The fourth-order valence-corrected chi connectivity index (χ4v) is 5.33. The molecule has 0 aliphatic carbocycles. The number of hydrogen-bond donors (Lipinski definition) is 2. The molecule has 5 rings (SSSR count). The van der Waals surface area contributed by atoms with Crippen LogP contribution in [0.5, 0.6) is 0 Å². The molecule has 3 fully saturated rings. The number of imide groups is 1. The molecular weight excluding hydrogens is 384 g/mol. The van der Waals surface area contributed by atoms with Gasteiger partial charge in [-0.3, -0.25) is 24.6 Å². The van der Waals surface area contributed by atoms with Crippen LogP contribution in [-0.2, 0) is 27.4 Å². The predicted octanol–water partition coefficient (Wildman–Crippen LogP) is 0.530. The molecule has 3 saturated heterocycles. The monoisotopic (exact) mass is 412 g/mol. The summed E-state index contributed by atoms with van der Waals surface area (Å²) in [7, 11) is 0. The van der Waals surface area contributed by atoms with Gasteiger partial charge in [0.05, 0.1) is 12.2 Å². The summed E-state index contributed by atoms with van der Waals surface area (Å²) in [5.41, 5.74) is 8.80. The maximum absolute atomic E-state index is 12.8. The van der Waals surface area contributed by atoms with Crippen LogP contribution in [0.4, 0.5) is 0 Å². The van der Waals surface area contributed by atoms with Gasteiger partial charge in [-0.05, 0) is 42.9 Å². The second-order valence-corrected chi connectivity index (χ2v) is 9.13. The van der Waals surface area contributed by atoms with Gasteiger partial charge in [0.15, 0.2) is 0 Å². The standard InChI is InChI=1S/C22H28N4O4/c23-16-10-22(30-13-16)5-7-25(8-6-22)11-14-1-2-17-15(9-14)12-26(21(17)29)18-3-4-19(27)24-20(18)28/h1-2,9,16,18H,3-8,10-13,23H2,(H,24,27,28). The minimum absolute atomic E-state index is 0.0251. The van der Waals surface area contributed by atoms with Gasteiger partial charge in [-0.15, -0.1) is 0 Å². The summed E-state index contributed by atoms with van der Waals surface area (Å²) in [5.74, 6) is -0.764. The first kappa shape index (κ1) is 19.7. The highest BCUT2D eigenvalue weighted by atomic mass is 16.5. The Kier molecular flexibility index (Phi) is 4.88. The highest BCUT2D eigenvalue weighted by Gasteiger charge is 2.42. The van der Waals surface area contributed by atoms with E-state index in [2.05, 4.69) is 16.3 Å². The largest absolute Gasteiger partial charge is 0.373 e. The van der Waals surface area contributed by atoms with E-state index in [0.717, 1.165) is 44.5 Å². The van der Waals surface area contributed by atoms with Crippen molar-refractivity contribution < 1.29 is 19.1 Å². The van der Waals surface area contributed by atoms with Crippen molar-refractivity contribution in [2.24, 2.45) is 5.73 Å². The van der Waals surface area contributed by atoms with Crippen LogP contribution in [0.3, 0.4) is 0 Å². The number of benzene rings is 1. The van der Waals surface area contributed by atoms with Gasteiger partial charge in [0.25, 0.3) is 5.91 Å². The van der Waals surface area contributed by atoms with E-state index >= 15 is 0 Å². The molecule has 30 heavy (non-hydrogen) atoms.